The first kappa shape index (κ1) is 19.0. The van der Waals surface area contributed by atoms with Gasteiger partial charge >= 0.3 is 0 Å². The number of nitrogens with one attached hydrogen (secondary N) is 1. The fourth-order valence-electron chi connectivity index (χ4n) is 3.20. The Morgan fingerprint density at radius 1 is 0.792 bits per heavy atom. The van der Waals surface area contributed by atoms with E-state index in [1.165, 1.54) is 68.1 Å². The molecular formula is C22H34N2. The molecule has 0 aliphatic heterocycles. The predicted octanol–water partition coefficient (Wildman–Crippen LogP) is 5.22. The third-order valence-electron chi connectivity index (χ3n) is 4.68. The smallest absolute Gasteiger partial charge is 0.0211 e. The topological polar surface area (TPSA) is 15.3 Å². The lowest BCUT2D eigenvalue weighted by molar-refractivity contribution is 0.261. The minimum atomic E-state index is 0.964. The van der Waals surface area contributed by atoms with Crippen molar-refractivity contribution in [2.75, 3.05) is 26.2 Å². The zero-order valence-electron chi connectivity index (χ0n) is 15.6. The third-order valence-corrected chi connectivity index (χ3v) is 4.68. The molecule has 1 N–H and O–H groups in total. The molecule has 2 aromatic rings. The van der Waals surface area contributed by atoms with E-state index in [1.807, 2.05) is 0 Å². The molecule has 0 heterocycles. The fraction of sp³-hybridized carbons (Fsp3) is 0.545. The quantitative estimate of drug-likeness (QED) is 0.538. The Morgan fingerprint density at radius 2 is 1.46 bits per heavy atom. The number of hydrogen-bond donors (Lipinski definition) is 1. The van der Waals surface area contributed by atoms with E-state index in [2.05, 4.69) is 66.5 Å². The Hall–Kier alpha value is -1.38. The first-order chi connectivity index (χ1) is 11.8. The minimum Gasteiger partial charge on any atom is -0.313 e. The third kappa shape index (κ3) is 6.26. The lowest BCUT2D eigenvalue weighted by Gasteiger charge is -2.22. The lowest BCUT2D eigenvalue weighted by Crippen LogP contribution is -2.29. The number of hydrogen-bond acceptors (Lipinski definition) is 2. The van der Waals surface area contributed by atoms with Gasteiger partial charge in [-0.1, -0.05) is 69.2 Å². The minimum absolute atomic E-state index is 0.964. The van der Waals surface area contributed by atoms with E-state index in [0.717, 1.165) is 13.1 Å². The maximum Gasteiger partial charge on any atom is 0.0211 e. The first-order valence-electron chi connectivity index (χ1n) is 9.74. The van der Waals surface area contributed by atoms with Crippen LogP contribution in [0.5, 0.6) is 0 Å². The molecule has 24 heavy (non-hydrogen) atoms. The van der Waals surface area contributed by atoms with Gasteiger partial charge in [-0.2, -0.15) is 0 Å². The molecule has 2 rings (SSSR count). The molecule has 0 saturated carbocycles. The number of unbranched alkanes of at least 4 members (excludes halogenated alkanes) is 2. The van der Waals surface area contributed by atoms with Crippen molar-refractivity contribution in [3.63, 3.8) is 0 Å². The summed E-state index contributed by atoms with van der Waals surface area (Å²) in [7, 11) is 0. The summed E-state index contributed by atoms with van der Waals surface area (Å²) in [5.74, 6) is 0. The molecule has 0 amide bonds. The van der Waals surface area contributed by atoms with Crippen molar-refractivity contribution >= 4 is 10.8 Å². The van der Waals surface area contributed by atoms with Crippen molar-refractivity contribution in [3.05, 3.63) is 48.0 Å². The number of nitrogens with zero attached hydrogens (tertiary/aromatic N) is 1. The molecule has 2 nitrogen and oxygen atoms in total. The van der Waals surface area contributed by atoms with E-state index < -0.39 is 0 Å². The highest BCUT2D eigenvalue weighted by Crippen LogP contribution is 2.18. The molecule has 0 unspecified atom stereocenters. The Balaban J connectivity index is 1.73. The van der Waals surface area contributed by atoms with E-state index in [-0.39, 0.29) is 0 Å². The highest BCUT2D eigenvalue weighted by atomic mass is 15.1. The molecule has 0 aliphatic rings. The summed E-state index contributed by atoms with van der Waals surface area (Å²) in [4.78, 5) is 2.65. The average Bonchev–Trinajstić information content (AvgIpc) is 2.63. The fourth-order valence-corrected chi connectivity index (χ4v) is 3.20. The Labute approximate surface area is 148 Å². The summed E-state index contributed by atoms with van der Waals surface area (Å²) < 4.78 is 0. The Kier molecular flexibility index (Phi) is 8.86. The molecule has 0 radical (unpaired) electrons. The normalized spacial score (nSPS) is 11.5. The SMILES string of the molecule is CCCCN(CCCC)CCCNCc1cccc2ccccc12. The van der Waals surface area contributed by atoms with Gasteiger partial charge in [0, 0.05) is 6.54 Å². The molecule has 0 aromatic heterocycles. The molecule has 2 aromatic carbocycles. The van der Waals surface area contributed by atoms with Crippen molar-refractivity contribution in [3.8, 4) is 0 Å². The van der Waals surface area contributed by atoms with Crippen LogP contribution >= 0.6 is 0 Å². The van der Waals surface area contributed by atoms with Crippen LogP contribution in [0.1, 0.15) is 51.5 Å². The van der Waals surface area contributed by atoms with Crippen LogP contribution in [-0.4, -0.2) is 31.1 Å². The highest BCUT2D eigenvalue weighted by Gasteiger charge is 2.04. The van der Waals surface area contributed by atoms with Gasteiger partial charge in [0.25, 0.3) is 0 Å². The number of benzene rings is 2. The predicted molar refractivity (Wildman–Crippen MR) is 107 cm³/mol. The monoisotopic (exact) mass is 326 g/mol. The summed E-state index contributed by atoms with van der Waals surface area (Å²) >= 11 is 0. The zero-order valence-corrected chi connectivity index (χ0v) is 15.6. The molecule has 0 bridgehead atoms. The second-order valence-corrected chi connectivity index (χ2v) is 6.72. The van der Waals surface area contributed by atoms with Gasteiger partial charge in [0.1, 0.15) is 0 Å². The van der Waals surface area contributed by atoms with Crippen LogP contribution in [0.25, 0.3) is 10.8 Å². The average molecular weight is 327 g/mol. The highest BCUT2D eigenvalue weighted by molar-refractivity contribution is 5.85. The van der Waals surface area contributed by atoms with Crippen molar-refractivity contribution in [2.45, 2.75) is 52.5 Å². The van der Waals surface area contributed by atoms with E-state index >= 15 is 0 Å². The summed E-state index contributed by atoms with van der Waals surface area (Å²) in [6, 6.07) is 15.3. The Bertz CT molecular complexity index is 566. The van der Waals surface area contributed by atoms with E-state index in [0.29, 0.717) is 0 Å². The van der Waals surface area contributed by atoms with Gasteiger partial charge in [0.15, 0.2) is 0 Å². The molecule has 2 heteroatoms. The van der Waals surface area contributed by atoms with Crippen molar-refractivity contribution < 1.29 is 0 Å². The van der Waals surface area contributed by atoms with Crippen LogP contribution < -0.4 is 5.32 Å². The number of fused-ring (bicyclic) bond motifs is 1. The molecule has 0 fully saturated rings. The molecule has 0 saturated heterocycles. The lowest BCUT2D eigenvalue weighted by atomic mass is 10.0. The van der Waals surface area contributed by atoms with Gasteiger partial charge in [-0.25, -0.2) is 0 Å². The number of rotatable bonds is 12. The molecule has 0 spiro atoms. The summed E-state index contributed by atoms with van der Waals surface area (Å²) in [5, 5.41) is 6.35. The zero-order chi connectivity index (χ0) is 17.0. The van der Waals surface area contributed by atoms with E-state index in [4.69, 9.17) is 0 Å². The van der Waals surface area contributed by atoms with Crippen LogP contribution in [0.3, 0.4) is 0 Å². The van der Waals surface area contributed by atoms with Gasteiger partial charge in [-0.05, 0) is 61.8 Å². The maximum absolute atomic E-state index is 3.63. The van der Waals surface area contributed by atoms with Crippen LogP contribution in [0.15, 0.2) is 42.5 Å². The second kappa shape index (κ2) is 11.2. The van der Waals surface area contributed by atoms with Gasteiger partial charge in [-0.15, -0.1) is 0 Å². The molecular weight excluding hydrogens is 292 g/mol. The maximum atomic E-state index is 3.63. The van der Waals surface area contributed by atoms with Crippen LogP contribution in [0.4, 0.5) is 0 Å². The van der Waals surface area contributed by atoms with Gasteiger partial charge in [0.2, 0.25) is 0 Å². The first-order valence-corrected chi connectivity index (χ1v) is 9.74. The van der Waals surface area contributed by atoms with Gasteiger partial charge < -0.3 is 10.2 Å². The van der Waals surface area contributed by atoms with Crippen LogP contribution in [0, 0.1) is 0 Å². The van der Waals surface area contributed by atoms with Crippen molar-refractivity contribution in [1.82, 2.24) is 10.2 Å². The summed E-state index contributed by atoms with van der Waals surface area (Å²) in [5.41, 5.74) is 1.40. The largest absolute Gasteiger partial charge is 0.313 e. The van der Waals surface area contributed by atoms with Crippen molar-refractivity contribution in [2.24, 2.45) is 0 Å². The summed E-state index contributed by atoms with van der Waals surface area (Å²) in [6.45, 7) is 10.4. The molecule has 0 aliphatic carbocycles. The van der Waals surface area contributed by atoms with Gasteiger partial charge in [-0.3, -0.25) is 0 Å². The standard InChI is InChI=1S/C22H34N2/c1-3-5-16-24(17-6-4-2)18-10-15-23-19-21-13-9-12-20-11-7-8-14-22(20)21/h7-9,11-14,23H,3-6,10,15-19H2,1-2H3. The van der Waals surface area contributed by atoms with E-state index in [9.17, 15) is 0 Å². The van der Waals surface area contributed by atoms with Crippen molar-refractivity contribution in [1.29, 1.82) is 0 Å². The van der Waals surface area contributed by atoms with E-state index in [1.54, 1.807) is 0 Å². The molecule has 132 valence electrons. The molecule has 0 atom stereocenters. The van der Waals surface area contributed by atoms with Crippen LogP contribution in [0.2, 0.25) is 0 Å². The second-order valence-electron chi connectivity index (χ2n) is 6.72. The summed E-state index contributed by atoms with van der Waals surface area (Å²) in [6.07, 6.45) is 6.47. The van der Waals surface area contributed by atoms with Gasteiger partial charge in [0.05, 0.1) is 0 Å². The van der Waals surface area contributed by atoms with Crippen LogP contribution in [-0.2, 0) is 6.54 Å². The Morgan fingerprint density at radius 3 is 2.21 bits per heavy atom.